The summed E-state index contributed by atoms with van der Waals surface area (Å²) < 4.78 is 9.82. The number of non-ortho nitro benzene ring substituents is 1. The smallest absolute Gasteiger partial charge is 0.328 e. The summed E-state index contributed by atoms with van der Waals surface area (Å²) in [6.45, 7) is 5.18. The molecule has 0 aliphatic heterocycles. The Morgan fingerprint density at radius 1 is 1.26 bits per heavy atom. The largest absolute Gasteiger partial charge is 0.467 e. The van der Waals surface area contributed by atoms with E-state index in [1.807, 2.05) is 0 Å². The van der Waals surface area contributed by atoms with E-state index in [2.05, 4.69) is 10.1 Å². The Bertz CT molecular complexity index is 710. The Hall–Kier alpha value is -2.97. The molecule has 1 rings (SSSR count). The fourth-order valence-electron chi connectivity index (χ4n) is 2.26. The van der Waals surface area contributed by atoms with Crippen molar-refractivity contribution >= 4 is 23.5 Å². The number of nitrogens with one attached hydrogen (secondary N) is 1. The third-order valence-corrected chi connectivity index (χ3v) is 3.36. The molecule has 1 aromatic rings. The molecular formula is C18H24N2O7. The molecule has 1 amide bonds. The standard InChI is InChI=1S/C18H24N2O7/c1-18(2,3)27-16(22)9-8-14(17(23)26-4)19-15(21)11-12-6-5-7-13(10-12)20(24)25/h5-7,10,14H,8-9,11H2,1-4H3,(H,19,21)/t14-/m0/s1. The molecule has 0 saturated carbocycles. The second kappa shape index (κ2) is 9.65. The molecule has 1 aromatic carbocycles. The van der Waals surface area contributed by atoms with Crippen LogP contribution in [0.4, 0.5) is 5.69 Å². The van der Waals surface area contributed by atoms with Gasteiger partial charge in [0.15, 0.2) is 0 Å². The molecule has 0 heterocycles. The van der Waals surface area contributed by atoms with Gasteiger partial charge in [0.25, 0.3) is 5.69 Å². The average Bonchev–Trinajstić information content (AvgIpc) is 2.56. The van der Waals surface area contributed by atoms with Gasteiger partial charge in [-0.1, -0.05) is 12.1 Å². The number of esters is 2. The van der Waals surface area contributed by atoms with Gasteiger partial charge in [-0.2, -0.15) is 0 Å². The maximum absolute atomic E-state index is 12.2. The first-order valence-electron chi connectivity index (χ1n) is 8.34. The van der Waals surface area contributed by atoms with Gasteiger partial charge in [-0.05, 0) is 32.8 Å². The lowest BCUT2D eigenvalue weighted by Gasteiger charge is -2.21. The zero-order valence-corrected chi connectivity index (χ0v) is 15.8. The minimum Gasteiger partial charge on any atom is -0.467 e. The number of methoxy groups -OCH3 is 1. The van der Waals surface area contributed by atoms with Gasteiger partial charge in [0.05, 0.1) is 18.5 Å². The minimum atomic E-state index is -1.02. The van der Waals surface area contributed by atoms with Gasteiger partial charge in [-0.3, -0.25) is 19.7 Å². The van der Waals surface area contributed by atoms with Crippen molar-refractivity contribution in [2.24, 2.45) is 0 Å². The van der Waals surface area contributed by atoms with E-state index in [-0.39, 0.29) is 24.9 Å². The molecular weight excluding hydrogens is 356 g/mol. The number of hydrogen-bond acceptors (Lipinski definition) is 7. The molecule has 0 spiro atoms. The molecule has 148 valence electrons. The molecule has 0 saturated heterocycles. The van der Waals surface area contributed by atoms with Crippen LogP contribution in [0.2, 0.25) is 0 Å². The third kappa shape index (κ3) is 8.30. The predicted octanol–water partition coefficient (Wildman–Crippen LogP) is 1.92. The topological polar surface area (TPSA) is 125 Å². The van der Waals surface area contributed by atoms with Crippen LogP contribution in [0.15, 0.2) is 24.3 Å². The molecule has 0 aliphatic carbocycles. The first kappa shape index (κ1) is 22.1. The van der Waals surface area contributed by atoms with Crippen molar-refractivity contribution in [3.05, 3.63) is 39.9 Å². The molecule has 1 atom stereocenters. The molecule has 0 aromatic heterocycles. The highest BCUT2D eigenvalue weighted by Crippen LogP contribution is 2.14. The summed E-state index contributed by atoms with van der Waals surface area (Å²) in [5.74, 6) is -1.70. The molecule has 9 heteroatoms. The van der Waals surface area contributed by atoms with Gasteiger partial charge in [0.2, 0.25) is 5.91 Å². The number of nitro groups is 1. The van der Waals surface area contributed by atoms with Crippen LogP contribution < -0.4 is 5.32 Å². The average molecular weight is 380 g/mol. The number of carbonyl (C=O) groups is 3. The van der Waals surface area contributed by atoms with Crippen LogP contribution in [-0.2, 0) is 30.3 Å². The Morgan fingerprint density at radius 2 is 1.93 bits per heavy atom. The lowest BCUT2D eigenvalue weighted by molar-refractivity contribution is -0.384. The number of nitrogens with zero attached hydrogens (tertiary/aromatic N) is 1. The lowest BCUT2D eigenvalue weighted by atomic mass is 10.1. The monoisotopic (exact) mass is 380 g/mol. The zero-order chi connectivity index (χ0) is 20.6. The van der Waals surface area contributed by atoms with Crippen molar-refractivity contribution in [1.82, 2.24) is 5.32 Å². The van der Waals surface area contributed by atoms with E-state index in [1.54, 1.807) is 26.8 Å². The van der Waals surface area contributed by atoms with E-state index >= 15 is 0 Å². The molecule has 0 bridgehead atoms. The highest BCUT2D eigenvalue weighted by molar-refractivity contribution is 5.86. The normalized spacial score (nSPS) is 12.0. The van der Waals surface area contributed by atoms with E-state index in [9.17, 15) is 24.5 Å². The lowest BCUT2D eigenvalue weighted by Crippen LogP contribution is -2.42. The number of nitro benzene ring substituents is 1. The van der Waals surface area contributed by atoms with Gasteiger partial charge >= 0.3 is 11.9 Å². The predicted molar refractivity (Wildman–Crippen MR) is 95.8 cm³/mol. The van der Waals surface area contributed by atoms with E-state index in [4.69, 9.17) is 4.74 Å². The van der Waals surface area contributed by atoms with Crippen molar-refractivity contribution in [3.63, 3.8) is 0 Å². The Balaban J connectivity index is 2.69. The number of benzene rings is 1. The van der Waals surface area contributed by atoms with Crippen molar-refractivity contribution in [2.75, 3.05) is 7.11 Å². The fourth-order valence-corrected chi connectivity index (χ4v) is 2.26. The van der Waals surface area contributed by atoms with E-state index in [0.29, 0.717) is 5.56 Å². The summed E-state index contributed by atoms with van der Waals surface area (Å²) in [5.41, 5.74) is -0.351. The van der Waals surface area contributed by atoms with Gasteiger partial charge in [-0.15, -0.1) is 0 Å². The molecule has 0 unspecified atom stereocenters. The quantitative estimate of drug-likeness (QED) is 0.415. The van der Waals surface area contributed by atoms with Gasteiger partial charge in [-0.25, -0.2) is 4.79 Å². The summed E-state index contributed by atoms with van der Waals surface area (Å²) in [7, 11) is 1.18. The highest BCUT2D eigenvalue weighted by Gasteiger charge is 2.24. The Kier molecular flexibility index (Phi) is 7.89. The maximum Gasteiger partial charge on any atom is 0.328 e. The third-order valence-electron chi connectivity index (χ3n) is 3.36. The maximum atomic E-state index is 12.2. The zero-order valence-electron chi connectivity index (χ0n) is 15.8. The molecule has 9 nitrogen and oxygen atoms in total. The van der Waals surface area contributed by atoms with E-state index in [0.717, 1.165) is 0 Å². The molecule has 27 heavy (non-hydrogen) atoms. The van der Waals surface area contributed by atoms with Crippen LogP contribution in [0.1, 0.15) is 39.2 Å². The number of rotatable bonds is 8. The van der Waals surface area contributed by atoms with Crippen molar-refractivity contribution in [2.45, 2.75) is 51.7 Å². The summed E-state index contributed by atoms with van der Waals surface area (Å²) >= 11 is 0. The van der Waals surface area contributed by atoms with Crippen molar-refractivity contribution in [1.29, 1.82) is 0 Å². The molecule has 1 N–H and O–H groups in total. The molecule has 0 radical (unpaired) electrons. The Morgan fingerprint density at radius 3 is 2.48 bits per heavy atom. The summed E-state index contributed by atoms with van der Waals surface area (Å²) in [5, 5.41) is 13.3. The van der Waals surface area contributed by atoms with Gasteiger partial charge in [0, 0.05) is 18.6 Å². The first-order valence-corrected chi connectivity index (χ1v) is 8.34. The first-order chi connectivity index (χ1) is 12.5. The Labute approximate surface area is 157 Å². The van der Waals surface area contributed by atoms with E-state index < -0.39 is 34.4 Å². The number of ether oxygens (including phenoxy) is 2. The van der Waals surface area contributed by atoms with Gasteiger partial charge < -0.3 is 14.8 Å². The van der Waals surface area contributed by atoms with E-state index in [1.165, 1.54) is 25.3 Å². The SMILES string of the molecule is COC(=O)[C@H](CCC(=O)OC(C)(C)C)NC(=O)Cc1cccc([N+](=O)[O-])c1. The second-order valence-electron chi connectivity index (χ2n) is 6.87. The van der Waals surface area contributed by atoms with Gasteiger partial charge in [0.1, 0.15) is 11.6 Å². The fraction of sp³-hybridized carbons (Fsp3) is 0.500. The molecule has 0 aliphatic rings. The van der Waals surface area contributed by atoms with Crippen molar-refractivity contribution in [3.8, 4) is 0 Å². The highest BCUT2D eigenvalue weighted by atomic mass is 16.6. The van der Waals surface area contributed by atoms with Crippen molar-refractivity contribution < 1.29 is 28.8 Å². The summed E-state index contributed by atoms with van der Waals surface area (Å²) in [4.78, 5) is 46.1. The van der Waals surface area contributed by atoms with Crippen LogP contribution in [0.5, 0.6) is 0 Å². The second-order valence-corrected chi connectivity index (χ2v) is 6.87. The summed E-state index contributed by atoms with van der Waals surface area (Å²) in [6.07, 6.45) is -0.210. The number of carbonyl (C=O) groups excluding carboxylic acids is 3. The van der Waals surface area contributed by atoms with Crippen LogP contribution in [-0.4, -0.2) is 41.5 Å². The van der Waals surface area contributed by atoms with Crippen LogP contribution >= 0.6 is 0 Å². The van der Waals surface area contributed by atoms with Crippen LogP contribution in [0, 0.1) is 10.1 Å². The number of amides is 1. The molecule has 0 fully saturated rings. The minimum absolute atomic E-state index is 0.0161. The number of hydrogen-bond donors (Lipinski definition) is 1. The van der Waals surface area contributed by atoms with Crippen LogP contribution in [0.25, 0.3) is 0 Å². The summed E-state index contributed by atoms with van der Waals surface area (Å²) in [6, 6.07) is 4.63. The van der Waals surface area contributed by atoms with Crippen LogP contribution in [0.3, 0.4) is 0 Å².